The fourth-order valence-electron chi connectivity index (χ4n) is 1.90. The molecule has 1 atom stereocenters. The Kier molecular flexibility index (Phi) is 2.88. The van der Waals surface area contributed by atoms with Crippen LogP contribution in [0.2, 0.25) is 0 Å². The lowest BCUT2D eigenvalue weighted by atomic mass is 9.97. The molecule has 0 aliphatic carbocycles. The minimum absolute atomic E-state index is 0.175. The van der Waals surface area contributed by atoms with Gasteiger partial charge in [0.05, 0.1) is 0 Å². The number of fused-ring (bicyclic) bond motifs is 1. The van der Waals surface area contributed by atoms with Gasteiger partial charge in [0, 0.05) is 12.5 Å². The van der Waals surface area contributed by atoms with Gasteiger partial charge in [0.25, 0.3) is 0 Å². The molecule has 2 rings (SSSR count). The third-order valence-electron chi connectivity index (χ3n) is 2.64. The lowest BCUT2D eigenvalue weighted by Crippen LogP contribution is -2.20. The van der Waals surface area contributed by atoms with Gasteiger partial charge < -0.3 is 11.5 Å². The zero-order valence-electron chi connectivity index (χ0n) is 8.89. The third kappa shape index (κ3) is 2.04. The van der Waals surface area contributed by atoms with Crippen molar-refractivity contribution in [2.45, 2.75) is 12.5 Å². The van der Waals surface area contributed by atoms with Crippen LogP contribution >= 0.6 is 0 Å². The number of benzene rings is 2. The molecule has 0 radical (unpaired) electrons. The molecule has 0 unspecified atom stereocenters. The summed E-state index contributed by atoms with van der Waals surface area (Å²) in [6.07, 6.45) is 0.175. The molecule has 0 bridgehead atoms. The second-order valence-electron chi connectivity index (χ2n) is 3.85. The zero-order valence-corrected chi connectivity index (χ0v) is 8.89. The van der Waals surface area contributed by atoms with Crippen LogP contribution in [0.25, 0.3) is 10.8 Å². The normalized spacial score (nSPS) is 12.6. The molecule has 0 heterocycles. The Morgan fingerprint density at radius 1 is 1.12 bits per heavy atom. The van der Waals surface area contributed by atoms with Crippen molar-refractivity contribution in [1.29, 1.82) is 0 Å². The Morgan fingerprint density at radius 2 is 1.81 bits per heavy atom. The number of hydrogen-bond donors (Lipinski definition) is 2. The molecule has 1 amide bonds. The van der Waals surface area contributed by atoms with E-state index in [0.717, 1.165) is 16.3 Å². The summed E-state index contributed by atoms with van der Waals surface area (Å²) in [6.45, 7) is 0. The van der Waals surface area contributed by atoms with Crippen LogP contribution in [0.5, 0.6) is 0 Å². The standard InChI is InChI=1S/C13H14N2O/c14-12(8-13(15)16)11-7-3-5-9-4-1-2-6-10(9)11/h1-7,12H,8,14H2,(H2,15,16)/t12-/m1/s1. The van der Waals surface area contributed by atoms with Gasteiger partial charge in [-0.3, -0.25) is 4.79 Å². The molecule has 0 saturated carbocycles. The summed E-state index contributed by atoms with van der Waals surface area (Å²) < 4.78 is 0. The molecule has 0 aromatic heterocycles. The zero-order chi connectivity index (χ0) is 11.5. The molecule has 2 aromatic carbocycles. The highest BCUT2D eigenvalue weighted by atomic mass is 16.1. The Hall–Kier alpha value is -1.87. The van der Waals surface area contributed by atoms with E-state index in [2.05, 4.69) is 0 Å². The van der Waals surface area contributed by atoms with Crippen LogP contribution < -0.4 is 11.5 Å². The second kappa shape index (κ2) is 4.33. The number of hydrogen-bond acceptors (Lipinski definition) is 2. The molecule has 4 N–H and O–H groups in total. The predicted molar refractivity (Wildman–Crippen MR) is 64.7 cm³/mol. The fourth-order valence-corrected chi connectivity index (χ4v) is 1.90. The lowest BCUT2D eigenvalue weighted by molar-refractivity contribution is -0.118. The SMILES string of the molecule is NC(=O)C[C@@H](N)c1cccc2ccccc12. The Balaban J connectivity index is 2.47. The highest BCUT2D eigenvalue weighted by molar-refractivity contribution is 5.86. The number of carbonyl (C=O) groups is 1. The van der Waals surface area contributed by atoms with Gasteiger partial charge in [0.15, 0.2) is 0 Å². The van der Waals surface area contributed by atoms with Crippen molar-refractivity contribution in [3.05, 3.63) is 48.0 Å². The number of amides is 1. The Morgan fingerprint density at radius 3 is 2.56 bits per heavy atom. The maximum Gasteiger partial charge on any atom is 0.219 e. The molecule has 0 aliphatic heterocycles. The van der Waals surface area contributed by atoms with E-state index in [4.69, 9.17) is 11.5 Å². The van der Waals surface area contributed by atoms with Crippen LogP contribution in [0.3, 0.4) is 0 Å². The summed E-state index contributed by atoms with van der Waals surface area (Å²) in [4.78, 5) is 10.9. The molecule has 0 aliphatic rings. The van der Waals surface area contributed by atoms with E-state index in [-0.39, 0.29) is 18.4 Å². The minimum Gasteiger partial charge on any atom is -0.370 e. The van der Waals surface area contributed by atoms with Crippen LogP contribution in [0.4, 0.5) is 0 Å². The summed E-state index contributed by atoms with van der Waals surface area (Å²) >= 11 is 0. The van der Waals surface area contributed by atoms with E-state index in [1.54, 1.807) is 0 Å². The van der Waals surface area contributed by atoms with Crippen LogP contribution in [0, 0.1) is 0 Å². The van der Waals surface area contributed by atoms with E-state index < -0.39 is 0 Å². The average molecular weight is 214 g/mol. The van der Waals surface area contributed by atoms with E-state index in [1.807, 2.05) is 42.5 Å². The largest absolute Gasteiger partial charge is 0.370 e. The summed E-state index contributed by atoms with van der Waals surface area (Å²) in [7, 11) is 0. The molecule has 0 saturated heterocycles. The maximum absolute atomic E-state index is 10.9. The number of carbonyl (C=O) groups excluding carboxylic acids is 1. The molecule has 0 fully saturated rings. The topological polar surface area (TPSA) is 69.1 Å². The van der Waals surface area contributed by atoms with Crippen molar-refractivity contribution in [1.82, 2.24) is 0 Å². The first-order chi connectivity index (χ1) is 7.68. The first kappa shape index (κ1) is 10.6. The van der Waals surface area contributed by atoms with Crippen molar-refractivity contribution in [3.8, 4) is 0 Å². The molecule has 82 valence electrons. The summed E-state index contributed by atoms with van der Waals surface area (Å²) in [5.41, 5.74) is 12.1. The third-order valence-corrected chi connectivity index (χ3v) is 2.64. The van der Waals surface area contributed by atoms with Gasteiger partial charge in [-0.15, -0.1) is 0 Å². The van der Waals surface area contributed by atoms with E-state index >= 15 is 0 Å². The Bertz CT molecular complexity index is 517. The molecular weight excluding hydrogens is 200 g/mol. The quantitative estimate of drug-likeness (QED) is 0.816. The van der Waals surface area contributed by atoms with E-state index in [1.165, 1.54) is 0 Å². The summed E-state index contributed by atoms with van der Waals surface area (Å²) in [5.74, 6) is -0.375. The van der Waals surface area contributed by atoms with Gasteiger partial charge in [-0.1, -0.05) is 42.5 Å². The van der Waals surface area contributed by atoms with Gasteiger partial charge in [-0.25, -0.2) is 0 Å². The van der Waals surface area contributed by atoms with E-state index in [9.17, 15) is 4.79 Å². The number of primary amides is 1. The maximum atomic E-state index is 10.9. The Labute approximate surface area is 94.0 Å². The monoisotopic (exact) mass is 214 g/mol. The summed E-state index contributed by atoms with van der Waals surface area (Å²) in [6, 6.07) is 13.5. The molecule has 3 heteroatoms. The van der Waals surface area contributed by atoms with Gasteiger partial charge in [0.1, 0.15) is 0 Å². The number of nitrogens with two attached hydrogens (primary N) is 2. The summed E-state index contributed by atoms with van der Waals surface area (Å²) in [5, 5.41) is 2.21. The van der Waals surface area contributed by atoms with E-state index in [0.29, 0.717) is 0 Å². The second-order valence-corrected chi connectivity index (χ2v) is 3.85. The van der Waals surface area contributed by atoms with Crippen LogP contribution in [0.1, 0.15) is 18.0 Å². The number of rotatable bonds is 3. The smallest absolute Gasteiger partial charge is 0.219 e. The van der Waals surface area contributed by atoms with Crippen molar-refractivity contribution in [3.63, 3.8) is 0 Å². The lowest BCUT2D eigenvalue weighted by Gasteiger charge is -2.12. The van der Waals surface area contributed by atoms with Gasteiger partial charge >= 0.3 is 0 Å². The average Bonchev–Trinajstić information content (AvgIpc) is 2.27. The molecule has 16 heavy (non-hydrogen) atoms. The highest BCUT2D eigenvalue weighted by Gasteiger charge is 2.11. The predicted octanol–water partition coefficient (Wildman–Crippen LogP) is 1.71. The first-order valence-corrected chi connectivity index (χ1v) is 5.20. The van der Waals surface area contributed by atoms with Crippen molar-refractivity contribution >= 4 is 16.7 Å². The molecule has 2 aromatic rings. The highest BCUT2D eigenvalue weighted by Crippen LogP contribution is 2.24. The fraction of sp³-hybridized carbons (Fsp3) is 0.154. The molecule has 0 spiro atoms. The van der Waals surface area contributed by atoms with Gasteiger partial charge in [-0.05, 0) is 16.3 Å². The van der Waals surface area contributed by atoms with Gasteiger partial charge in [0.2, 0.25) is 5.91 Å². The van der Waals surface area contributed by atoms with Gasteiger partial charge in [-0.2, -0.15) is 0 Å². The molecular formula is C13H14N2O. The molecule has 3 nitrogen and oxygen atoms in total. The first-order valence-electron chi connectivity index (χ1n) is 5.20. The van der Waals surface area contributed by atoms with Crippen molar-refractivity contribution in [2.24, 2.45) is 11.5 Å². The van der Waals surface area contributed by atoms with Crippen LogP contribution in [-0.4, -0.2) is 5.91 Å². The van der Waals surface area contributed by atoms with Crippen LogP contribution in [0.15, 0.2) is 42.5 Å². The van der Waals surface area contributed by atoms with Crippen LogP contribution in [-0.2, 0) is 4.79 Å². The van der Waals surface area contributed by atoms with Crippen molar-refractivity contribution < 1.29 is 4.79 Å². The van der Waals surface area contributed by atoms with Crippen molar-refractivity contribution in [2.75, 3.05) is 0 Å². The minimum atomic E-state index is -0.375.